The van der Waals surface area contributed by atoms with E-state index >= 15 is 0 Å². The van der Waals surface area contributed by atoms with Crippen molar-refractivity contribution in [1.29, 1.82) is 0 Å². The quantitative estimate of drug-likeness (QED) is 0.775. The lowest BCUT2D eigenvalue weighted by molar-refractivity contribution is 0.627. The second kappa shape index (κ2) is 7.06. The lowest BCUT2D eigenvalue weighted by Gasteiger charge is -2.13. The molecule has 3 rings (SSSR count). The van der Waals surface area contributed by atoms with Crippen molar-refractivity contribution in [3.05, 3.63) is 57.8 Å². The third-order valence-electron chi connectivity index (χ3n) is 3.37. The van der Waals surface area contributed by atoms with E-state index in [1.807, 2.05) is 0 Å². The van der Waals surface area contributed by atoms with Gasteiger partial charge in [0.25, 0.3) is 0 Å². The Morgan fingerprint density at radius 2 is 1.83 bits per heavy atom. The molecule has 0 unspecified atom stereocenters. The topological polar surface area (TPSA) is 48.5 Å². The molecule has 0 atom stereocenters. The van der Waals surface area contributed by atoms with Gasteiger partial charge < -0.3 is 16.0 Å². The van der Waals surface area contributed by atoms with Crippen LogP contribution < -0.4 is 16.0 Å². The van der Waals surface area contributed by atoms with E-state index in [9.17, 15) is 4.39 Å². The molecule has 0 fully saturated rings. The highest BCUT2D eigenvalue weighted by Crippen LogP contribution is 2.34. The van der Waals surface area contributed by atoms with E-state index in [0.717, 1.165) is 24.3 Å². The molecule has 23 heavy (non-hydrogen) atoms. The Morgan fingerprint density at radius 3 is 2.43 bits per heavy atom. The molecule has 120 valence electrons. The van der Waals surface area contributed by atoms with Gasteiger partial charge in [0.2, 0.25) is 0 Å². The van der Waals surface area contributed by atoms with Crippen LogP contribution in [0.1, 0.15) is 5.56 Å². The Morgan fingerprint density at radius 1 is 1.13 bits per heavy atom. The minimum Gasteiger partial charge on any atom is -0.381 e. The van der Waals surface area contributed by atoms with Gasteiger partial charge in [0.05, 0.1) is 22.3 Å². The number of rotatable bonds is 4. The molecule has 2 aromatic carbocycles. The van der Waals surface area contributed by atoms with Crippen LogP contribution in [0.5, 0.6) is 0 Å². The molecule has 0 bridgehead atoms. The summed E-state index contributed by atoms with van der Waals surface area (Å²) in [4.78, 5) is 4.25. The van der Waals surface area contributed by atoms with Crippen molar-refractivity contribution in [1.82, 2.24) is 5.32 Å². The molecule has 0 amide bonds. The summed E-state index contributed by atoms with van der Waals surface area (Å²) >= 11 is 12.6. The number of halogens is 3. The van der Waals surface area contributed by atoms with Gasteiger partial charge in [-0.15, -0.1) is 0 Å². The summed E-state index contributed by atoms with van der Waals surface area (Å²) < 4.78 is 12.9. The van der Waals surface area contributed by atoms with Gasteiger partial charge in [-0.25, -0.2) is 4.39 Å². The standard InChI is InChI=1S/C16H15Cl2FN4/c17-13-7-12(22-9-10-1-3-11(19)4-2-10)8-14(18)15(13)23-16-20-5-6-21-16/h1-4,7-8,22H,5-6,9H2,(H2,20,21,23). The van der Waals surface area contributed by atoms with Crippen molar-refractivity contribution in [2.45, 2.75) is 6.54 Å². The molecule has 1 heterocycles. The zero-order valence-electron chi connectivity index (χ0n) is 12.2. The smallest absolute Gasteiger partial charge is 0.196 e. The molecule has 1 aliphatic rings. The Kier molecular flexibility index (Phi) is 4.88. The number of nitrogens with zero attached hydrogens (tertiary/aromatic N) is 1. The van der Waals surface area contributed by atoms with Gasteiger partial charge in [-0.1, -0.05) is 35.3 Å². The molecule has 0 saturated carbocycles. The third-order valence-corrected chi connectivity index (χ3v) is 3.97. The average Bonchev–Trinajstić information content (AvgIpc) is 3.03. The van der Waals surface area contributed by atoms with Gasteiger partial charge in [-0.05, 0) is 29.8 Å². The molecule has 0 aromatic heterocycles. The van der Waals surface area contributed by atoms with Crippen LogP contribution in [0.4, 0.5) is 15.8 Å². The summed E-state index contributed by atoms with van der Waals surface area (Å²) in [6.07, 6.45) is 0. The molecule has 7 heteroatoms. The minimum atomic E-state index is -0.251. The highest BCUT2D eigenvalue weighted by molar-refractivity contribution is 6.40. The zero-order chi connectivity index (χ0) is 16.2. The number of guanidine groups is 1. The number of benzene rings is 2. The average molecular weight is 353 g/mol. The number of hydrogen-bond acceptors (Lipinski definition) is 4. The fourth-order valence-corrected chi connectivity index (χ4v) is 2.78. The van der Waals surface area contributed by atoms with E-state index in [2.05, 4.69) is 20.9 Å². The fraction of sp³-hybridized carbons (Fsp3) is 0.188. The Balaban J connectivity index is 1.70. The third kappa shape index (κ3) is 4.06. The molecule has 1 aliphatic heterocycles. The summed E-state index contributed by atoms with van der Waals surface area (Å²) in [5, 5.41) is 10.4. The van der Waals surface area contributed by atoms with Gasteiger partial charge in [0.1, 0.15) is 5.82 Å². The van der Waals surface area contributed by atoms with Gasteiger partial charge in [-0.2, -0.15) is 0 Å². The van der Waals surface area contributed by atoms with Gasteiger partial charge in [-0.3, -0.25) is 4.99 Å². The molecular formula is C16H15Cl2FN4. The molecule has 0 radical (unpaired) electrons. The minimum absolute atomic E-state index is 0.251. The lowest BCUT2D eigenvalue weighted by Crippen LogP contribution is -2.26. The molecule has 0 aliphatic carbocycles. The predicted octanol–water partition coefficient (Wildman–Crippen LogP) is 4.12. The maximum Gasteiger partial charge on any atom is 0.196 e. The van der Waals surface area contributed by atoms with Crippen LogP contribution in [-0.2, 0) is 6.54 Å². The second-order valence-electron chi connectivity index (χ2n) is 5.08. The highest BCUT2D eigenvalue weighted by atomic mass is 35.5. The van der Waals surface area contributed by atoms with E-state index in [1.165, 1.54) is 12.1 Å². The Bertz CT molecular complexity index is 708. The normalized spacial score (nSPS) is 13.4. The first kappa shape index (κ1) is 15.9. The first-order valence-corrected chi connectivity index (χ1v) is 7.90. The van der Waals surface area contributed by atoms with Crippen molar-refractivity contribution in [2.24, 2.45) is 4.99 Å². The van der Waals surface area contributed by atoms with Crippen molar-refractivity contribution in [3.8, 4) is 0 Å². The van der Waals surface area contributed by atoms with Crippen LogP contribution in [0.2, 0.25) is 10.0 Å². The van der Waals surface area contributed by atoms with Gasteiger partial charge in [0, 0.05) is 18.8 Å². The molecule has 0 saturated heterocycles. The van der Waals surface area contributed by atoms with E-state index in [0.29, 0.717) is 28.2 Å². The van der Waals surface area contributed by atoms with Crippen LogP contribution in [-0.4, -0.2) is 19.0 Å². The van der Waals surface area contributed by atoms with Crippen molar-refractivity contribution < 1.29 is 4.39 Å². The van der Waals surface area contributed by atoms with Crippen LogP contribution in [0, 0.1) is 5.82 Å². The van der Waals surface area contributed by atoms with E-state index in [1.54, 1.807) is 24.3 Å². The first-order chi connectivity index (χ1) is 11.1. The molecule has 2 aromatic rings. The predicted molar refractivity (Wildman–Crippen MR) is 94.1 cm³/mol. The Labute approximate surface area is 143 Å². The van der Waals surface area contributed by atoms with E-state index in [-0.39, 0.29) is 5.82 Å². The highest BCUT2D eigenvalue weighted by Gasteiger charge is 2.12. The molecule has 4 nitrogen and oxygen atoms in total. The van der Waals surface area contributed by atoms with Gasteiger partial charge in [0.15, 0.2) is 5.96 Å². The van der Waals surface area contributed by atoms with Crippen LogP contribution in [0.25, 0.3) is 0 Å². The fourth-order valence-electron chi connectivity index (χ4n) is 2.20. The largest absolute Gasteiger partial charge is 0.381 e. The summed E-state index contributed by atoms with van der Waals surface area (Å²) in [5.74, 6) is 0.416. The van der Waals surface area contributed by atoms with E-state index in [4.69, 9.17) is 23.2 Å². The number of anilines is 2. The van der Waals surface area contributed by atoms with Crippen LogP contribution in [0.3, 0.4) is 0 Å². The molecular weight excluding hydrogens is 338 g/mol. The van der Waals surface area contributed by atoms with Crippen molar-refractivity contribution >= 4 is 40.5 Å². The zero-order valence-corrected chi connectivity index (χ0v) is 13.7. The summed E-state index contributed by atoms with van der Waals surface area (Å²) in [6.45, 7) is 2.08. The van der Waals surface area contributed by atoms with Crippen LogP contribution >= 0.6 is 23.2 Å². The first-order valence-electron chi connectivity index (χ1n) is 7.14. The SMILES string of the molecule is Fc1ccc(CNc2cc(Cl)c(NC3=NCCN3)c(Cl)c2)cc1. The summed E-state index contributed by atoms with van der Waals surface area (Å²) in [7, 11) is 0. The van der Waals surface area contributed by atoms with E-state index < -0.39 is 0 Å². The number of hydrogen-bond donors (Lipinski definition) is 3. The maximum absolute atomic E-state index is 12.9. The number of aliphatic imine (C=N–C) groups is 1. The summed E-state index contributed by atoms with van der Waals surface area (Å²) in [5.41, 5.74) is 2.37. The lowest BCUT2D eigenvalue weighted by atomic mass is 10.2. The van der Waals surface area contributed by atoms with Crippen molar-refractivity contribution in [2.75, 3.05) is 23.7 Å². The van der Waals surface area contributed by atoms with Crippen molar-refractivity contribution in [3.63, 3.8) is 0 Å². The van der Waals surface area contributed by atoms with Crippen LogP contribution in [0.15, 0.2) is 41.4 Å². The monoisotopic (exact) mass is 352 g/mol. The Hall–Kier alpha value is -1.98. The second-order valence-corrected chi connectivity index (χ2v) is 5.89. The van der Waals surface area contributed by atoms with Gasteiger partial charge >= 0.3 is 0 Å². The maximum atomic E-state index is 12.9. The molecule has 3 N–H and O–H groups in total. The number of nitrogens with one attached hydrogen (secondary N) is 3. The molecule has 0 spiro atoms. The summed E-state index contributed by atoms with van der Waals surface area (Å²) in [6, 6.07) is 9.89.